The summed E-state index contributed by atoms with van der Waals surface area (Å²) in [7, 11) is 0. The van der Waals surface area contributed by atoms with Crippen LogP contribution in [0, 0.1) is 22.7 Å². The molecule has 0 spiro atoms. The molecule has 0 aliphatic heterocycles. The van der Waals surface area contributed by atoms with Gasteiger partial charge in [-0.1, -0.05) is 57.6 Å². The van der Waals surface area contributed by atoms with E-state index in [1.165, 1.54) is 51.4 Å². The van der Waals surface area contributed by atoms with Gasteiger partial charge in [0.1, 0.15) is 0 Å². The molecule has 0 aromatic carbocycles. The van der Waals surface area contributed by atoms with E-state index in [0.717, 1.165) is 12.8 Å². The molecule has 0 aliphatic carbocycles. The summed E-state index contributed by atoms with van der Waals surface area (Å²) in [6.45, 7) is 0.283. The lowest BCUT2D eigenvalue weighted by Gasteiger charge is -2.21. The first-order chi connectivity index (χ1) is 13.2. The summed E-state index contributed by atoms with van der Waals surface area (Å²) in [6, 6.07) is 4.01. The lowest BCUT2D eigenvalue weighted by molar-refractivity contribution is 0.158. The Balaban J connectivity index is 3.72. The SMILES string of the molecule is CCCCC=CCCCCCCCCOP(=S)(OCCC#N)OCCC#N. The monoisotopic (exact) mass is 414 g/mol. The van der Waals surface area contributed by atoms with Crippen LogP contribution in [-0.2, 0) is 25.4 Å². The molecule has 0 aromatic heterocycles. The zero-order valence-electron chi connectivity index (χ0n) is 16.7. The van der Waals surface area contributed by atoms with Crippen LogP contribution in [0.5, 0.6) is 0 Å². The van der Waals surface area contributed by atoms with Crippen molar-refractivity contribution in [3.63, 3.8) is 0 Å². The molecule has 0 bridgehead atoms. The first-order valence-electron chi connectivity index (χ1n) is 10.1. The van der Waals surface area contributed by atoms with Crippen LogP contribution in [-0.4, -0.2) is 19.8 Å². The maximum atomic E-state index is 8.60. The predicted molar refractivity (Wildman–Crippen MR) is 114 cm³/mol. The maximum absolute atomic E-state index is 8.60. The molecule has 27 heavy (non-hydrogen) atoms. The summed E-state index contributed by atoms with van der Waals surface area (Å²) in [6.07, 6.45) is 17.1. The second-order valence-corrected chi connectivity index (χ2v) is 9.30. The van der Waals surface area contributed by atoms with Gasteiger partial charge in [-0.15, -0.1) is 0 Å². The Labute approximate surface area is 170 Å². The van der Waals surface area contributed by atoms with E-state index in [9.17, 15) is 0 Å². The van der Waals surface area contributed by atoms with Crippen LogP contribution in [0.1, 0.15) is 84.0 Å². The summed E-state index contributed by atoms with van der Waals surface area (Å²) in [5.41, 5.74) is 0. The number of hydrogen-bond acceptors (Lipinski definition) is 6. The summed E-state index contributed by atoms with van der Waals surface area (Å²) in [5, 5.41) is 17.2. The third kappa shape index (κ3) is 18.4. The van der Waals surface area contributed by atoms with Gasteiger partial charge in [0.15, 0.2) is 0 Å². The Morgan fingerprint density at radius 1 is 0.741 bits per heavy atom. The van der Waals surface area contributed by atoms with Gasteiger partial charge in [-0.25, -0.2) is 0 Å². The minimum absolute atomic E-state index is 0.202. The molecular weight excluding hydrogens is 379 g/mol. The molecule has 5 nitrogen and oxygen atoms in total. The molecule has 0 amide bonds. The van der Waals surface area contributed by atoms with E-state index >= 15 is 0 Å². The average molecular weight is 415 g/mol. The van der Waals surface area contributed by atoms with E-state index in [1.54, 1.807) is 0 Å². The van der Waals surface area contributed by atoms with Crippen molar-refractivity contribution in [3.8, 4) is 12.1 Å². The van der Waals surface area contributed by atoms with Gasteiger partial charge < -0.3 is 13.6 Å². The Bertz CT molecular complexity index is 476. The summed E-state index contributed by atoms with van der Waals surface area (Å²) in [5.74, 6) is 0. The lowest BCUT2D eigenvalue weighted by atomic mass is 10.1. The van der Waals surface area contributed by atoms with Gasteiger partial charge in [-0.05, 0) is 37.5 Å². The maximum Gasteiger partial charge on any atom is 0.327 e. The number of nitriles is 2. The first kappa shape index (κ1) is 26.2. The molecule has 0 aliphatic rings. The van der Waals surface area contributed by atoms with Gasteiger partial charge in [-0.3, -0.25) is 0 Å². The molecule has 0 rings (SSSR count). The molecule has 0 saturated heterocycles. The van der Waals surface area contributed by atoms with Crippen LogP contribution in [0.2, 0.25) is 0 Å². The molecule has 0 atom stereocenters. The molecule has 0 unspecified atom stereocenters. The van der Waals surface area contributed by atoms with Crippen molar-refractivity contribution in [2.24, 2.45) is 0 Å². The normalized spacial score (nSPS) is 11.5. The zero-order chi connectivity index (χ0) is 20.1. The second kappa shape index (κ2) is 20.0. The summed E-state index contributed by atoms with van der Waals surface area (Å²) >= 11 is 5.33. The molecule has 0 fully saturated rings. The highest BCUT2D eigenvalue weighted by Crippen LogP contribution is 2.50. The van der Waals surface area contributed by atoms with Gasteiger partial charge in [0.2, 0.25) is 0 Å². The van der Waals surface area contributed by atoms with Crippen molar-refractivity contribution in [2.75, 3.05) is 19.8 Å². The topological polar surface area (TPSA) is 75.3 Å². The summed E-state index contributed by atoms with van der Waals surface area (Å²) < 4.78 is 16.6. The minimum atomic E-state index is -2.84. The van der Waals surface area contributed by atoms with Crippen LogP contribution in [0.3, 0.4) is 0 Å². The fraction of sp³-hybridized carbons (Fsp3) is 0.800. The van der Waals surface area contributed by atoms with Crippen LogP contribution < -0.4 is 0 Å². The van der Waals surface area contributed by atoms with Crippen LogP contribution >= 0.6 is 6.72 Å². The number of nitrogens with zero attached hydrogens (tertiary/aromatic N) is 2. The van der Waals surface area contributed by atoms with E-state index in [2.05, 4.69) is 19.1 Å². The third-order valence-electron chi connectivity index (χ3n) is 3.83. The third-order valence-corrected chi connectivity index (χ3v) is 6.28. The zero-order valence-corrected chi connectivity index (χ0v) is 18.4. The highest BCUT2D eigenvalue weighted by Gasteiger charge is 2.20. The Morgan fingerprint density at radius 3 is 1.78 bits per heavy atom. The fourth-order valence-corrected chi connectivity index (χ4v) is 4.20. The van der Waals surface area contributed by atoms with Crippen molar-refractivity contribution in [1.82, 2.24) is 0 Å². The standard InChI is InChI=1S/C20H35N2O3PS/c1-2-3-4-5-6-7-8-9-10-11-12-13-18-23-26(27,24-19-14-16-21)25-20-15-17-22/h5-6H,2-4,7-15,18-20H2,1H3. The number of unbranched alkanes of at least 4 members (excludes halogenated alkanes) is 8. The van der Waals surface area contributed by atoms with Crippen LogP contribution in [0.15, 0.2) is 12.2 Å². The van der Waals surface area contributed by atoms with Gasteiger partial charge in [0.25, 0.3) is 0 Å². The van der Waals surface area contributed by atoms with E-state index in [0.29, 0.717) is 6.61 Å². The fourth-order valence-electron chi connectivity index (χ4n) is 2.32. The second-order valence-electron chi connectivity index (χ2n) is 6.29. The molecule has 0 N–H and O–H groups in total. The Hall–Kier alpha value is -0.750. The average Bonchev–Trinajstić information content (AvgIpc) is 2.66. The van der Waals surface area contributed by atoms with Crippen LogP contribution in [0.25, 0.3) is 0 Å². The van der Waals surface area contributed by atoms with Crippen molar-refractivity contribution >= 4 is 18.5 Å². The van der Waals surface area contributed by atoms with Crippen molar-refractivity contribution in [3.05, 3.63) is 12.2 Å². The predicted octanol–water partition coefficient (Wildman–Crippen LogP) is 6.57. The van der Waals surface area contributed by atoms with Gasteiger partial charge in [0.05, 0.1) is 44.8 Å². The number of hydrogen-bond donors (Lipinski definition) is 0. The van der Waals surface area contributed by atoms with Crippen molar-refractivity contribution in [1.29, 1.82) is 10.5 Å². The highest BCUT2D eigenvalue weighted by molar-refractivity contribution is 8.07. The van der Waals surface area contributed by atoms with Crippen molar-refractivity contribution in [2.45, 2.75) is 84.0 Å². The molecule has 0 aromatic rings. The molecule has 7 heteroatoms. The largest absolute Gasteiger partial charge is 0.327 e. The van der Waals surface area contributed by atoms with E-state index in [4.69, 9.17) is 35.9 Å². The molecule has 0 heterocycles. The highest BCUT2D eigenvalue weighted by atomic mass is 32.5. The van der Waals surface area contributed by atoms with Gasteiger partial charge in [-0.2, -0.15) is 10.5 Å². The van der Waals surface area contributed by atoms with Crippen molar-refractivity contribution < 1.29 is 13.6 Å². The van der Waals surface area contributed by atoms with Gasteiger partial charge >= 0.3 is 6.72 Å². The Morgan fingerprint density at radius 2 is 1.22 bits per heavy atom. The Kier molecular flexibility index (Phi) is 19.4. The van der Waals surface area contributed by atoms with Crippen LogP contribution in [0.4, 0.5) is 0 Å². The molecular formula is C20H35N2O3PS. The van der Waals surface area contributed by atoms with E-state index in [1.807, 2.05) is 12.1 Å². The molecule has 0 saturated carbocycles. The van der Waals surface area contributed by atoms with E-state index < -0.39 is 6.72 Å². The molecule has 154 valence electrons. The first-order valence-corrected chi connectivity index (χ1v) is 12.7. The van der Waals surface area contributed by atoms with Gasteiger partial charge in [0, 0.05) is 0 Å². The minimum Gasteiger partial charge on any atom is -0.309 e. The lowest BCUT2D eigenvalue weighted by Crippen LogP contribution is -2.03. The number of allylic oxidation sites excluding steroid dienone is 2. The summed E-state index contributed by atoms with van der Waals surface area (Å²) in [4.78, 5) is 0. The van der Waals surface area contributed by atoms with E-state index in [-0.39, 0.29) is 26.1 Å². The smallest absolute Gasteiger partial charge is 0.309 e. The quantitative estimate of drug-likeness (QED) is 0.135. The molecule has 0 radical (unpaired) electrons. The number of rotatable bonds is 19.